The van der Waals surface area contributed by atoms with Crippen molar-refractivity contribution in [1.82, 2.24) is 10.2 Å². The molecule has 1 atom stereocenters. The number of carbonyl (C=O) groups excluding carboxylic acids is 2. The Kier molecular flexibility index (Phi) is 5.90. The largest absolute Gasteiger partial charge is 0.352 e. The Morgan fingerprint density at radius 2 is 2.12 bits per heavy atom. The second kappa shape index (κ2) is 8.32. The molecule has 4 nitrogen and oxygen atoms in total. The average Bonchev–Trinajstić information content (AvgIpc) is 3.01. The van der Waals surface area contributed by atoms with Gasteiger partial charge in [0.2, 0.25) is 11.8 Å². The van der Waals surface area contributed by atoms with Crippen LogP contribution in [0.2, 0.25) is 0 Å². The lowest BCUT2D eigenvalue weighted by atomic mass is 9.97. The number of aryl methyl sites for hydroxylation is 1. The fourth-order valence-corrected chi connectivity index (χ4v) is 3.71. The molecule has 0 saturated carbocycles. The molecule has 1 aliphatic heterocycles. The molecule has 3 rings (SSSR count). The van der Waals surface area contributed by atoms with Crippen LogP contribution in [0.15, 0.2) is 35.9 Å². The molecule has 1 fully saturated rings. The van der Waals surface area contributed by atoms with Gasteiger partial charge in [0.1, 0.15) is 0 Å². The van der Waals surface area contributed by atoms with Crippen molar-refractivity contribution >= 4 is 11.8 Å². The van der Waals surface area contributed by atoms with Gasteiger partial charge in [-0.15, -0.1) is 0 Å². The van der Waals surface area contributed by atoms with Crippen LogP contribution in [0.3, 0.4) is 0 Å². The van der Waals surface area contributed by atoms with Gasteiger partial charge in [0.05, 0.1) is 5.92 Å². The zero-order valence-electron chi connectivity index (χ0n) is 15.1. The van der Waals surface area contributed by atoms with Gasteiger partial charge in [-0.1, -0.05) is 35.9 Å². The Morgan fingerprint density at radius 1 is 1.28 bits per heavy atom. The molecule has 134 valence electrons. The van der Waals surface area contributed by atoms with Crippen LogP contribution >= 0.6 is 0 Å². The first-order chi connectivity index (χ1) is 12.1. The average molecular weight is 340 g/mol. The van der Waals surface area contributed by atoms with Crippen molar-refractivity contribution in [2.45, 2.75) is 52.0 Å². The number of allylic oxidation sites excluding steroid dienone is 1. The predicted octanol–water partition coefficient (Wildman–Crippen LogP) is 3.35. The standard InChI is InChI=1S/C21H28N2O2/c1-16-7-5-6-10-18(16)14-22-21(25)19-13-20(24)23(15-19)12-11-17-8-3-2-4-9-17/h5-8,10,19H,2-4,9,11-15H2,1H3,(H,22,25). The number of hydrogen-bond acceptors (Lipinski definition) is 2. The fraction of sp³-hybridized carbons (Fsp3) is 0.524. The van der Waals surface area contributed by atoms with Crippen molar-refractivity contribution in [2.75, 3.05) is 13.1 Å². The van der Waals surface area contributed by atoms with E-state index in [2.05, 4.69) is 11.4 Å². The van der Waals surface area contributed by atoms with E-state index in [0.29, 0.717) is 19.5 Å². The summed E-state index contributed by atoms with van der Waals surface area (Å²) in [5, 5.41) is 3.00. The lowest BCUT2D eigenvalue weighted by molar-refractivity contribution is -0.129. The fourth-order valence-electron chi connectivity index (χ4n) is 3.71. The summed E-state index contributed by atoms with van der Waals surface area (Å²) < 4.78 is 0. The van der Waals surface area contributed by atoms with E-state index in [1.807, 2.05) is 36.1 Å². The molecule has 1 saturated heterocycles. The molecular formula is C21H28N2O2. The Bertz CT molecular complexity index is 666. The van der Waals surface area contributed by atoms with Gasteiger partial charge in [-0.2, -0.15) is 0 Å². The van der Waals surface area contributed by atoms with Gasteiger partial charge in [0.25, 0.3) is 0 Å². The van der Waals surface area contributed by atoms with E-state index < -0.39 is 0 Å². The topological polar surface area (TPSA) is 49.4 Å². The zero-order chi connectivity index (χ0) is 17.6. The highest BCUT2D eigenvalue weighted by atomic mass is 16.2. The smallest absolute Gasteiger partial charge is 0.225 e. The number of nitrogens with zero attached hydrogens (tertiary/aromatic N) is 1. The van der Waals surface area contributed by atoms with Crippen molar-refractivity contribution in [3.05, 3.63) is 47.0 Å². The first-order valence-electron chi connectivity index (χ1n) is 9.41. The molecule has 25 heavy (non-hydrogen) atoms. The summed E-state index contributed by atoms with van der Waals surface area (Å²) in [5.74, 6) is -0.0970. The number of hydrogen-bond donors (Lipinski definition) is 1. The summed E-state index contributed by atoms with van der Waals surface area (Å²) in [7, 11) is 0. The van der Waals surface area contributed by atoms with Crippen LogP contribution in [-0.4, -0.2) is 29.8 Å². The Balaban J connectivity index is 1.47. The third-order valence-corrected chi connectivity index (χ3v) is 5.39. The van der Waals surface area contributed by atoms with Crippen molar-refractivity contribution in [2.24, 2.45) is 5.92 Å². The summed E-state index contributed by atoms with van der Waals surface area (Å²) in [6, 6.07) is 8.05. The molecule has 0 bridgehead atoms. The van der Waals surface area contributed by atoms with Crippen LogP contribution in [0.1, 0.15) is 49.7 Å². The highest BCUT2D eigenvalue weighted by Gasteiger charge is 2.33. The monoisotopic (exact) mass is 340 g/mol. The summed E-state index contributed by atoms with van der Waals surface area (Å²) in [6.45, 7) is 3.89. The first-order valence-corrected chi connectivity index (χ1v) is 9.41. The summed E-state index contributed by atoms with van der Waals surface area (Å²) in [6.07, 6.45) is 8.53. The SMILES string of the molecule is Cc1ccccc1CNC(=O)C1CC(=O)N(CCC2=CCCCC2)C1. The predicted molar refractivity (Wildman–Crippen MR) is 98.9 cm³/mol. The third kappa shape index (κ3) is 4.71. The van der Waals surface area contributed by atoms with E-state index in [1.165, 1.54) is 36.8 Å². The van der Waals surface area contributed by atoms with Crippen LogP contribution in [0, 0.1) is 12.8 Å². The first kappa shape index (κ1) is 17.7. The van der Waals surface area contributed by atoms with Crippen LogP contribution < -0.4 is 5.32 Å². The van der Waals surface area contributed by atoms with Gasteiger partial charge >= 0.3 is 0 Å². The van der Waals surface area contributed by atoms with Crippen LogP contribution in [-0.2, 0) is 16.1 Å². The number of rotatable bonds is 6. The molecule has 4 heteroatoms. The Labute approximate surface area is 150 Å². The summed E-state index contributed by atoms with van der Waals surface area (Å²) in [5.41, 5.74) is 3.78. The van der Waals surface area contributed by atoms with Crippen LogP contribution in [0.4, 0.5) is 0 Å². The van der Waals surface area contributed by atoms with Gasteiger partial charge in [0.15, 0.2) is 0 Å². The van der Waals surface area contributed by atoms with Gasteiger partial charge in [0, 0.05) is 26.1 Å². The van der Waals surface area contributed by atoms with Gasteiger partial charge in [-0.25, -0.2) is 0 Å². The maximum absolute atomic E-state index is 12.4. The molecule has 2 aliphatic rings. The normalized spacial score (nSPS) is 20.5. The number of amides is 2. The molecule has 0 spiro atoms. The van der Waals surface area contributed by atoms with Gasteiger partial charge in [-0.05, 0) is 50.2 Å². The molecule has 1 aliphatic carbocycles. The van der Waals surface area contributed by atoms with Crippen molar-refractivity contribution in [3.8, 4) is 0 Å². The minimum Gasteiger partial charge on any atom is -0.352 e. The highest BCUT2D eigenvalue weighted by Crippen LogP contribution is 2.23. The Hall–Kier alpha value is -2.10. The number of nitrogens with one attached hydrogen (secondary N) is 1. The highest BCUT2D eigenvalue weighted by molar-refractivity contribution is 5.89. The molecule has 0 aromatic heterocycles. The molecule has 0 radical (unpaired) electrons. The van der Waals surface area contributed by atoms with Crippen LogP contribution in [0.25, 0.3) is 0 Å². The van der Waals surface area contributed by atoms with E-state index in [4.69, 9.17) is 0 Å². The van der Waals surface area contributed by atoms with E-state index in [-0.39, 0.29) is 17.7 Å². The van der Waals surface area contributed by atoms with Gasteiger partial charge in [-0.3, -0.25) is 9.59 Å². The quantitative estimate of drug-likeness (QED) is 0.808. The minimum atomic E-state index is -0.211. The van der Waals surface area contributed by atoms with Crippen molar-refractivity contribution in [3.63, 3.8) is 0 Å². The van der Waals surface area contributed by atoms with Crippen LogP contribution in [0.5, 0.6) is 0 Å². The molecular weight excluding hydrogens is 312 g/mol. The van der Waals surface area contributed by atoms with Crippen molar-refractivity contribution in [1.29, 1.82) is 0 Å². The molecule has 1 aromatic carbocycles. The second-order valence-corrected chi connectivity index (χ2v) is 7.24. The summed E-state index contributed by atoms with van der Waals surface area (Å²) >= 11 is 0. The second-order valence-electron chi connectivity index (χ2n) is 7.24. The number of likely N-dealkylation sites (tertiary alicyclic amines) is 1. The maximum Gasteiger partial charge on any atom is 0.225 e. The maximum atomic E-state index is 12.4. The number of benzene rings is 1. The van der Waals surface area contributed by atoms with E-state index in [9.17, 15) is 9.59 Å². The Morgan fingerprint density at radius 3 is 2.88 bits per heavy atom. The minimum absolute atomic E-state index is 0.00372. The number of carbonyl (C=O) groups is 2. The van der Waals surface area contributed by atoms with Crippen molar-refractivity contribution < 1.29 is 9.59 Å². The lowest BCUT2D eigenvalue weighted by Gasteiger charge is -2.19. The molecule has 2 amide bonds. The lowest BCUT2D eigenvalue weighted by Crippen LogP contribution is -2.33. The van der Waals surface area contributed by atoms with E-state index in [1.54, 1.807) is 0 Å². The third-order valence-electron chi connectivity index (χ3n) is 5.39. The summed E-state index contributed by atoms with van der Waals surface area (Å²) in [4.78, 5) is 26.5. The molecule has 1 unspecified atom stereocenters. The molecule has 1 heterocycles. The van der Waals surface area contributed by atoms with E-state index >= 15 is 0 Å². The van der Waals surface area contributed by atoms with Gasteiger partial charge < -0.3 is 10.2 Å². The zero-order valence-corrected chi connectivity index (χ0v) is 15.1. The molecule has 1 N–H and O–H groups in total. The van der Waals surface area contributed by atoms with E-state index in [0.717, 1.165) is 18.5 Å². The molecule has 1 aromatic rings.